The van der Waals surface area contributed by atoms with E-state index >= 15 is 0 Å². The van der Waals surface area contributed by atoms with Gasteiger partial charge in [-0.3, -0.25) is 14.6 Å². The summed E-state index contributed by atoms with van der Waals surface area (Å²) in [5.74, 6) is 5.57. The molecule has 0 aliphatic rings. The van der Waals surface area contributed by atoms with Crippen LogP contribution in [0.25, 0.3) is 0 Å². The molecule has 2 rings (SSSR count). The molecule has 0 aliphatic heterocycles. The SMILES string of the molecule is CC(C)(C)N(N)C(=O)c1cccc(Br)c1.Cl.Cl.O=C(Cl)c1ccccc1. The highest BCUT2D eigenvalue weighted by Gasteiger charge is 2.24. The van der Waals surface area contributed by atoms with Gasteiger partial charge in [-0.05, 0) is 50.6 Å². The third-order valence-electron chi connectivity index (χ3n) is 3.01. The Hall–Kier alpha value is -1.11. The van der Waals surface area contributed by atoms with E-state index in [0.717, 1.165) is 4.47 Å². The molecule has 26 heavy (non-hydrogen) atoms. The van der Waals surface area contributed by atoms with Crippen LogP contribution in [-0.2, 0) is 0 Å². The van der Waals surface area contributed by atoms with Crippen molar-refractivity contribution in [3.63, 3.8) is 0 Å². The highest BCUT2D eigenvalue weighted by atomic mass is 79.9. The predicted octanol–water partition coefficient (Wildman–Crippen LogP) is 5.47. The smallest absolute Gasteiger partial charge is 0.268 e. The summed E-state index contributed by atoms with van der Waals surface area (Å²) in [6.07, 6.45) is 0. The van der Waals surface area contributed by atoms with Gasteiger partial charge < -0.3 is 0 Å². The van der Waals surface area contributed by atoms with E-state index < -0.39 is 5.24 Å². The number of carbonyl (C=O) groups excluding carboxylic acids is 2. The zero-order valence-electron chi connectivity index (χ0n) is 14.6. The first kappa shape index (κ1) is 27.1. The molecule has 2 aromatic rings. The van der Waals surface area contributed by atoms with Crippen LogP contribution in [0.1, 0.15) is 41.5 Å². The molecule has 1 amide bonds. The largest absolute Gasteiger partial charge is 0.276 e. The molecule has 0 aromatic heterocycles. The Morgan fingerprint density at radius 2 is 1.46 bits per heavy atom. The second-order valence-corrected chi connectivity index (χ2v) is 7.26. The Kier molecular flexibility index (Phi) is 12.8. The zero-order valence-corrected chi connectivity index (χ0v) is 18.6. The average molecular weight is 485 g/mol. The van der Waals surface area contributed by atoms with Crippen LogP contribution < -0.4 is 5.84 Å². The van der Waals surface area contributed by atoms with Crippen LogP contribution in [0, 0.1) is 0 Å². The maximum Gasteiger partial charge on any atom is 0.268 e. The van der Waals surface area contributed by atoms with Gasteiger partial charge in [-0.15, -0.1) is 24.8 Å². The van der Waals surface area contributed by atoms with Crippen molar-refractivity contribution in [2.45, 2.75) is 26.3 Å². The number of rotatable bonds is 2. The van der Waals surface area contributed by atoms with Gasteiger partial charge in [0.15, 0.2) is 0 Å². The Morgan fingerprint density at radius 3 is 1.85 bits per heavy atom. The summed E-state index contributed by atoms with van der Waals surface area (Å²) >= 11 is 8.48. The molecule has 2 N–H and O–H groups in total. The van der Waals surface area contributed by atoms with Crippen LogP contribution in [0.5, 0.6) is 0 Å². The molecule has 0 saturated heterocycles. The van der Waals surface area contributed by atoms with Crippen LogP contribution in [0.4, 0.5) is 0 Å². The lowest BCUT2D eigenvalue weighted by atomic mass is 10.1. The number of halogens is 4. The number of hydrogen-bond acceptors (Lipinski definition) is 3. The van der Waals surface area contributed by atoms with E-state index in [9.17, 15) is 9.59 Å². The Morgan fingerprint density at radius 1 is 0.962 bits per heavy atom. The fraction of sp³-hybridized carbons (Fsp3) is 0.222. The van der Waals surface area contributed by atoms with Gasteiger partial charge in [0.1, 0.15) is 0 Å². The minimum absolute atomic E-state index is 0. The molecule has 0 spiro atoms. The molecule has 0 unspecified atom stereocenters. The fourth-order valence-electron chi connectivity index (χ4n) is 1.63. The second-order valence-electron chi connectivity index (χ2n) is 6.00. The topological polar surface area (TPSA) is 63.4 Å². The number of nitrogens with two attached hydrogens (primary N) is 1. The summed E-state index contributed by atoms with van der Waals surface area (Å²) in [4.78, 5) is 22.3. The van der Waals surface area contributed by atoms with Crippen molar-refractivity contribution in [2.75, 3.05) is 0 Å². The first-order valence-corrected chi connectivity index (χ1v) is 8.39. The van der Waals surface area contributed by atoms with Gasteiger partial charge in [0.05, 0.1) is 5.54 Å². The number of benzene rings is 2. The van der Waals surface area contributed by atoms with Gasteiger partial charge in [0.2, 0.25) is 0 Å². The normalized spacial score (nSPS) is 9.62. The van der Waals surface area contributed by atoms with Crippen LogP contribution in [-0.4, -0.2) is 21.7 Å². The maximum absolute atomic E-state index is 11.9. The lowest BCUT2D eigenvalue weighted by molar-refractivity contribution is 0.0581. The van der Waals surface area contributed by atoms with E-state index in [0.29, 0.717) is 11.1 Å². The van der Waals surface area contributed by atoms with Crippen molar-refractivity contribution in [2.24, 2.45) is 5.84 Å². The van der Waals surface area contributed by atoms with Crippen molar-refractivity contribution in [1.82, 2.24) is 5.01 Å². The van der Waals surface area contributed by atoms with Gasteiger partial charge in [0.25, 0.3) is 11.1 Å². The maximum atomic E-state index is 11.9. The summed E-state index contributed by atoms with van der Waals surface area (Å²) in [7, 11) is 0. The average Bonchev–Trinajstić information content (AvgIpc) is 2.54. The molecule has 0 aliphatic carbocycles. The van der Waals surface area contributed by atoms with E-state index in [1.807, 2.05) is 39.0 Å². The lowest BCUT2D eigenvalue weighted by Crippen LogP contribution is -2.50. The molecule has 4 nitrogen and oxygen atoms in total. The predicted molar refractivity (Wildman–Crippen MR) is 115 cm³/mol. The lowest BCUT2D eigenvalue weighted by Gasteiger charge is -2.31. The van der Waals surface area contributed by atoms with Crippen LogP contribution in [0.2, 0.25) is 0 Å². The van der Waals surface area contributed by atoms with E-state index in [-0.39, 0.29) is 36.3 Å². The standard InChI is InChI=1S/C11H15BrN2O.C7H5ClO.2ClH/c1-11(2,3)14(13)10(15)8-5-4-6-9(12)7-8;8-7(9)6-4-2-1-3-5-6;;/h4-7H,13H2,1-3H3;1-5H;2*1H. The summed E-state index contributed by atoms with van der Waals surface area (Å²) in [5, 5.41) is 0.838. The highest BCUT2D eigenvalue weighted by molar-refractivity contribution is 9.10. The Bertz CT molecular complexity index is 707. The van der Waals surface area contributed by atoms with Gasteiger partial charge in [0, 0.05) is 15.6 Å². The van der Waals surface area contributed by atoms with Gasteiger partial charge in [-0.1, -0.05) is 52.3 Å². The summed E-state index contributed by atoms with van der Waals surface area (Å²) in [6, 6.07) is 15.9. The molecule has 0 saturated carbocycles. The number of nitrogens with zero attached hydrogens (tertiary/aromatic N) is 1. The van der Waals surface area contributed by atoms with Gasteiger partial charge >= 0.3 is 0 Å². The fourth-order valence-corrected chi connectivity index (χ4v) is 2.16. The third kappa shape index (κ3) is 9.01. The van der Waals surface area contributed by atoms with Crippen molar-refractivity contribution < 1.29 is 9.59 Å². The van der Waals surface area contributed by atoms with Crippen molar-refractivity contribution in [3.05, 3.63) is 70.2 Å². The van der Waals surface area contributed by atoms with Crippen LogP contribution in [0.3, 0.4) is 0 Å². The van der Waals surface area contributed by atoms with Gasteiger partial charge in [-0.2, -0.15) is 0 Å². The Balaban J connectivity index is 0. The molecule has 0 fully saturated rings. The third-order valence-corrected chi connectivity index (χ3v) is 3.73. The van der Waals surface area contributed by atoms with Crippen LogP contribution >= 0.6 is 52.3 Å². The van der Waals surface area contributed by atoms with E-state index in [2.05, 4.69) is 15.9 Å². The minimum Gasteiger partial charge on any atom is -0.276 e. The molecular weight excluding hydrogens is 462 g/mol. The zero-order chi connectivity index (χ0) is 18.3. The molecule has 0 bridgehead atoms. The van der Waals surface area contributed by atoms with Gasteiger partial charge in [-0.25, -0.2) is 5.84 Å². The molecular formula is C18H22BrCl3N2O2. The van der Waals surface area contributed by atoms with Crippen molar-refractivity contribution >= 4 is 63.5 Å². The van der Waals surface area contributed by atoms with E-state index in [1.54, 1.807) is 36.4 Å². The molecule has 0 radical (unpaired) electrons. The minimum atomic E-state index is -0.407. The van der Waals surface area contributed by atoms with Crippen LogP contribution in [0.15, 0.2) is 59.1 Å². The summed E-state index contributed by atoms with van der Waals surface area (Å²) < 4.78 is 0.871. The first-order valence-electron chi connectivity index (χ1n) is 7.22. The van der Waals surface area contributed by atoms with E-state index in [1.165, 1.54) is 5.01 Å². The van der Waals surface area contributed by atoms with E-state index in [4.69, 9.17) is 17.4 Å². The second kappa shape index (κ2) is 12.3. The summed E-state index contributed by atoms with van der Waals surface area (Å²) in [5.41, 5.74) is 0.750. The number of carbonyl (C=O) groups is 2. The highest BCUT2D eigenvalue weighted by Crippen LogP contribution is 2.16. The number of amides is 1. The van der Waals surface area contributed by atoms with Crippen molar-refractivity contribution in [1.29, 1.82) is 0 Å². The first-order chi connectivity index (χ1) is 11.1. The number of hydrogen-bond donors (Lipinski definition) is 1. The molecule has 0 heterocycles. The molecule has 144 valence electrons. The molecule has 2 aromatic carbocycles. The van der Waals surface area contributed by atoms with Crippen molar-refractivity contribution in [3.8, 4) is 0 Å². The molecule has 0 atom stereocenters. The molecule has 8 heteroatoms. The Labute approximate surface area is 180 Å². The quantitative estimate of drug-likeness (QED) is 0.266. The number of hydrazine groups is 1. The monoisotopic (exact) mass is 482 g/mol. The summed E-state index contributed by atoms with van der Waals surface area (Å²) in [6.45, 7) is 5.68.